The predicted molar refractivity (Wildman–Crippen MR) is 59.0 cm³/mol. The molecule has 0 aliphatic heterocycles. The minimum atomic E-state index is -0.519. The third-order valence-electron chi connectivity index (χ3n) is 3.29. The van der Waals surface area contributed by atoms with E-state index in [0.29, 0.717) is 5.41 Å². The largest absolute Gasteiger partial charge is 0.445 e. The molecule has 3 N–H and O–H groups in total. The monoisotopic (exact) mass is 214 g/mol. The van der Waals surface area contributed by atoms with Crippen LogP contribution in [0.4, 0.5) is 4.79 Å². The van der Waals surface area contributed by atoms with Crippen molar-refractivity contribution in [3.63, 3.8) is 0 Å². The fourth-order valence-corrected chi connectivity index (χ4v) is 2.23. The smallest absolute Gasteiger partial charge is 0.421 e. The Bertz CT molecular complexity index is 215. The molecule has 4 heteroatoms. The van der Waals surface area contributed by atoms with Crippen LogP contribution in [0.1, 0.15) is 46.5 Å². The fraction of sp³-hybridized carbons (Fsp3) is 0.909. The van der Waals surface area contributed by atoms with Crippen LogP contribution in [0.3, 0.4) is 0 Å². The molecule has 0 bridgehead atoms. The molecule has 0 heterocycles. The van der Waals surface area contributed by atoms with Crippen LogP contribution in [0.25, 0.3) is 0 Å². The van der Waals surface area contributed by atoms with Crippen LogP contribution in [-0.4, -0.2) is 12.2 Å². The Morgan fingerprint density at radius 1 is 1.27 bits per heavy atom. The summed E-state index contributed by atoms with van der Waals surface area (Å²) in [6.07, 6.45) is 3.70. The highest BCUT2D eigenvalue weighted by Crippen LogP contribution is 2.38. The topological polar surface area (TPSA) is 64.3 Å². The number of rotatable bonds is 1. The summed E-state index contributed by atoms with van der Waals surface area (Å²) in [6, 6.07) is 0. The molecule has 0 radical (unpaired) electrons. The van der Waals surface area contributed by atoms with E-state index >= 15 is 0 Å². The van der Waals surface area contributed by atoms with Gasteiger partial charge in [0.1, 0.15) is 6.10 Å². The number of hydrogen-bond acceptors (Lipinski definition) is 3. The van der Waals surface area contributed by atoms with Gasteiger partial charge in [0.25, 0.3) is 0 Å². The van der Waals surface area contributed by atoms with Gasteiger partial charge in [-0.2, -0.15) is 0 Å². The molecule has 1 rings (SSSR count). The molecule has 0 unspecified atom stereocenters. The van der Waals surface area contributed by atoms with Crippen molar-refractivity contribution in [2.75, 3.05) is 0 Å². The number of amides is 1. The minimum Gasteiger partial charge on any atom is -0.445 e. The number of carbonyl (C=O) groups is 1. The van der Waals surface area contributed by atoms with Crippen LogP contribution in [-0.2, 0) is 4.74 Å². The van der Waals surface area contributed by atoms with Gasteiger partial charge in [-0.1, -0.05) is 20.8 Å². The maximum atomic E-state index is 10.9. The van der Waals surface area contributed by atoms with Crippen molar-refractivity contribution in [3.8, 4) is 0 Å². The Morgan fingerprint density at radius 3 is 2.20 bits per heavy atom. The molecule has 1 aliphatic rings. The van der Waals surface area contributed by atoms with Gasteiger partial charge >= 0.3 is 6.09 Å². The zero-order chi connectivity index (χ0) is 11.5. The first-order chi connectivity index (χ1) is 6.93. The number of carbonyl (C=O) groups excluding carboxylic acids is 1. The van der Waals surface area contributed by atoms with Crippen LogP contribution < -0.4 is 11.3 Å². The summed E-state index contributed by atoms with van der Waals surface area (Å²) in [5.41, 5.74) is 2.35. The van der Waals surface area contributed by atoms with Crippen LogP contribution in [0, 0.1) is 11.3 Å². The van der Waals surface area contributed by atoms with Crippen molar-refractivity contribution in [2.45, 2.75) is 52.6 Å². The standard InChI is InChI=1S/C11H22N2O2/c1-11(2,3)8-4-6-9(7-5-8)15-10(14)13-12/h8-9H,4-7,12H2,1-3H3,(H,13,14). The molecule has 4 nitrogen and oxygen atoms in total. The Kier molecular flexibility index (Phi) is 3.97. The molecule has 0 spiro atoms. The predicted octanol–water partition coefficient (Wildman–Crippen LogP) is 2.19. The lowest BCUT2D eigenvalue weighted by Gasteiger charge is -2.36. The minimum absolute atomic E-state index is 0.0483. The third kappa shape index (κ3) is 3.70. The van der Waals surface area contributed by atoms with E-state index in [-0.39, 0.29) is 6.10 Å². The highest BCUT2D eigenvalue weighted by Gasteiger charge is 2.30. The van der Waals surface area contributed by atoms with Crippen LogP contribution in [0.15, 0.2) is 0 Å². The highest BCUT2D eigenvalue weighted by atomic mass is 16.6. The summed E-state index contributed by atoms with van der Waals surface area (Å²) in [5, 5.41) is 0. The summed E-state index contributed by atoms with van der Waals surface area (Å²) in [6.45, 7) is 6.81. The molecule has 0 aromatic rings. The molecule has 88 valence electrons. The summed E-state index contributed by atoms with van der Waals surface area (Å²) < 4.78 is 5.13. The first-order valence-corrected chi connectivity index (χ1v) is 5.60. The first-order valence-electron chi connectivity index (χ1n) is 5.60. The van der Waals surface area contributed by atoms with E-state index in [1.54, 1.807) is 0 Å². The van der Waals surface area contributed by atoms with Crippen molar-refractivity contribution >= 4 is 6.09 Å². The lowest BCUT2D eigenvalue weighted by Crippen LogP contribution is -2.36. The number of nitrogens with one attached hydrogen (secondary N) is 1. The summed E-state index contributed by atoms with van der Waals surface area (Å²) >= 11 is 0. The number of ether oxygens (including phenoxy) is 1. The second-order valence-electron chi connectivity index (χ2n) is 5.39. The average molecular weight is 214 g/mol. The molecule has 1 saturated carbocycles. The molecular weight excluding hydrogens is 192 g/mol. The molecule has 15 heavy (non-hydrogen) atoms. The van der Waals surface area contributed by atoms with Crippen molar-refractivity contribution in [3.05, 3.63) is 0 Å². The zero-order valence-electron chi connectivity index (χ0n) is 9.88. The average Bonchev–Trinajstić information content (AvgIpc) is 2.17. The van der Waals surface area contributed by atoms with Gasteiger partial charge in [0.15, 0.2) is 0 Å². The summed E-state index contributed by atoms with van der Waals surface area (Å²) in [4.78, 5) is 10.9. The summed E-state index contributed by atoms with van der Waals surface area (Å²) in [7, 11) is 0. The van der Waals surface area contributed by atoms with Crippen LogP contribution in [0.2, 0.25) is 0 Å². The SMILES string of the molecule is CC(C)(C)C1CCC(OC(=O)NN)CC1. The van der Waals surface area contributed by atoms with E-state index in [1.165, 1.54) is 0 Å². The van der Waals surface area contributed by atoms with E-state index in [1.807, 2.05) is 5.43 Å². The van der Waals surface area contributed by atoms with E-state index in [0.717, 1.165) is 31.6 Å². The number of hydrazine groups is 1. The van der Waals surface area contributed by atoms with E-state index < -0.39 is 6.09 Å². The van der Waals surface area contributed by atoms with Gasteiger partial charge in [-0.25, -0.2) is 10.6 Å². The third-order valence-corrected chi connectivity index (χ3v) is 3.29. The lowest BCUT2D eigenvalue weighted by atomic mass is 9.72. The lowest BCUT2D eigenvalue weighted by molar-refractivity contribution is 0.0454. The Hall–Kier alpha value is -0.770. The maximum Gasteiger partial charge on any atom is 0.421 e. The van der Waals surface area contributed by atoms with Gasteiger partial charge in [-0.05, 0) is 37.0 Å². The maximum absolute atomic E-state index is 10.9. The first kappa shape index (κ1) is 12.3. The van der Waals surface area contributed by atoms with Crippen molar-refractivity contribution in [2.24, 2.45) is 17.2 Å². The van der Waals surface area contributed by atoms with Crippen LogP contribution in [0.5, 0.6) is 0 Å². The van der Waals surface area contributed by atoms with Crippen molar-refractivity contribution < 1.29 is 9.53 Å². The van der Waals surface area contributed by atoms with Crippen molar-refractivity contribution in [1.29, 1.82) is 0 Å². The molecule has 0 aromatic heterocycles. The summed E-state index contributed by atoms with van der Waals surface area (Å²) in [5.74, 6) is 5.70. The molecule has 1 amide bonds. The molecular formula is C11H22N2O2. The van der Waals surface area contributed by atoms with Gasteiger partial charge in [0.2, 0.25) is 0 Å². The van der Waals surface area contributed by atoms with Crippen LogP contribution >= 0.6 is 0 Å². The van der Waals surface area contributed by atoms with Gasteiger partial charge in [-0.15, -0.1) is 0 Å². The fourth-order valence-electron chi connectivity index (χ4n) is 2.23. The number of nitrogens with two attached hydrogens (primary N) is 1. The quantitative estimate of drug-likeness (QED) is 0.399. The normalized spacial score (nSPS) is 27.2. The Morgan fingerprint density at radius 2 is 1.80 bits per heavy atom. The Balaban J connectivity index is 2.33. The van der Waals surface area contributed by atoms with E-state index in [4.69, 9.17) is 10.6 Å². The molecule has 0 atom stereocenters. The molecule has 1 fully saturated rings. The van der Waals surface area contributed by atoms with E-state index in [2.05, 4.69) is 20.8 Å². The molecule has 0 aromatic carbocycles. The second-order valence-corrected chi connectivity index (χ2v) is 5.39. The Labute approximate surface area is 91.5 Å². The molecule has 1 aliphatic carbocycles. The van der Waals surface area contributed by atoms with Crippen molar-refractivity contribution in [1.82, 2.24) is 5.43 Å². The highest BCUT2D eigenvalue weighted by molar-refractivity contribution is 5.66. The van der Waals surface area contributed by atoms with Gasteiger partial charge in [0.05, 0.1) is 0 Å². The van der Waals surface area contributed by atoms with Gasteiger partial charge in [-0.3, -0.25) is 5.43 Å². The zero-order valence-corrected chi connectivity index (χ0v) is 9.88. The second kappa shape index (κ2) is 4.84. The number of hydrogen-bond donors (Lipinski definition) is 2. The molecule has 0 saturated heterocycles. The van der Waals surface area contributed by atoms with Gasteiger partial charge < -0.3 is 4.74 Å². The van der Waals surface area contributed by atoms with Gasteiger partial charge in [0, 0.05) is 0 Å². The van der Waals surface area contributed by atoms with E-state index in [9.17, 15) is 4.79 Å².